The summed E-state index contributed by atoms with van der Waals surface area (Å²) in [5.74, 6) is 0.505. The van der Waals surface area contributed by atoms with Crippen molar-refractivity contribution in [2.45, 2.75) is 18.2 Å². The number of nitro groups is 1. The van der Waals surface area contributed by atoms with Crippen LogP contribution in [0.4, 0.5) is 11.4 Å². The van der Waals surface area contributed by atoms with Crippen LogP contribution in [0.1, 0.15) is 12.0 Å². The van der Waals surface area contributed by atoms with Crippen LogP contribution in [0.3, 0.4) is 0 Å². The van der Waals surface area contributed by atoms with E-state index in [0.29, 0.717) is 23.4 Å². The van der Waals surface area contributed by atoms with Crippen molar-refractivity contribution in [3.05, 3.63) is 64.2 Å². The summed E-state index contributed by atoms with van der Waals surface area (Å²) in [6, 6.07) is 14.5. The predicted octanol–water partition coefficient (Wildman–Crippen LogP) is 4.02. The molecule has 0 aromatic heterocycles. The smallest absolute Gasteiger partial charge is 0.274 e. The van der Waals surface area contributed by atoms with Gasteiger partial charge >= 0.3 is 0 Å². The summed E-state index contributed by atoms with van der Waals surface area (Å²) in [4.78, 5) is 23.4. The van der Waals surface area contributed by atoms with E-state index in [9.17, 15) is 14.9 Å². The monoisotopic (exact) mass is 316 g/mol. The van der Waals surface area contributed by atoms with Crippen LogP contribution in [-0.4, -0.2) is 16.6 Å². The van der Waals surface area contributed by atoms with Gasteiger partial charge in [-0.1, -0.05) is 24.3 Å². The molecular formula is C16H16N2O3S. The van der Waals surface area contributed by atoms with Crippen molar-refractivity contribution in [1.82, 2.24) is 0 Å². The van der Waals surface area contributed by atoms with E-state index in [1.807, 2.05) is 30.3 Å². The lowest BCUT2D eigenvalue weighted by atomic mass is 10.2. The Morgan fingerprint density at radius 3 is 2.64 bits per heavy atom. The first kappa shape index (κ1) is 16.0. The zero-order valence-electron chi connectivity index (χ0n) is 12.1. The van der Waals surface area contributed by atoms with Crippen molar-refractivity contribution in [3.63, 3.8) is 0 Å². The topological polar surface area (TPSA) is 72.2 Å². The summed E-state index contributed by atoms with van der Waals surface area (Å²) in [6.07, 6.45) is 0.348. The average molecular weight is 316 g/mol. The summed E-state index contributed by atoms with van der Waals surface area (Å²) < 4.78 is 0. The number of rotatable bonds is 6. The highest BCUT2D eigenvalue weighted by Gasteiger charge is 2.12. The normalized spacial score (nSPS) is 10.2. The SMILES string of the molecule is Cc1ccc(NC(=O)CCSc2ccccc2)cc1[N+](=O)[O-]. The summed E-state index contributed by atoms with van der Waals surface area (Å²) in [5, 5.41) is 13.6. The van der Waals surface area contributed by atoms with E-state index in [2.05, 4.69) is 5.32 Å². The number of carbonyl (C=O) groups is 1. The Bertz CT molecular complexity index is 674. The first-order chi connectivity index (χ1) is 10.6. The molecule has 0 radical (unpaired) electrons. The van der Waals surface area contributed by atoms with Crippen LogP contribution in [-0.2, 0) is 4.79 Å². The Hall–Kier alpha value is -2.34. The molecule has 5 nitrogen and oxygen atoms in total. The van der Waals surface area contributed by atoms with Crippen molar-refractivity contribution in [2.75, 3.05) is 11.1 Å². The van der Waals surface area contributed by atoms with Crippen LogP contribution in [0.15, 0.2) is 53.4 Å². The minimum absolute atomic E-state index is 0.0106. The Morgan fingerprint density at radius 1 is 1.23 bits per heavy atom. The van der Waals surface area contributed by atoms with Gasteiger partial charge in [0.1, 0.15) is 0 Å². The van der Waals surface area contributed by atoms with Crippen LogP contribution in [0.5, 0.6) is 0 Å². The zero-order valence-corrected chi connectivity index (χ0v) is 12.9. The van der Waals surface area contributed by atoms with Crippen molar-refractivity contribution in [2.24, 2.45) is 0 Å². The molecule has 22 heavy (non-hydrogen) atoms. The summed E-state index contributed by atoms with van der Waals surface area (Å²) >= 11 is 1.60. The first-order valence-corrected chi connectivity index (χ1v) is 7.77. The van der Waals surface area contributed by atoms with Gasteiger partial charge in [0.15, 0.2) is 0 Å². The molecule has 2 aromatic carbocycles. The Labute approximate surface area is 132 Å². The lowest BCUT2D eigenvalue weighted by Crippen LogP contribution is -2.12. The fraction of sp³-hybridized carbons (Fsp3) is 0.188. The van der Waals surface area contributed by atoms with Gasteiger partial charge in [-0.15, -0.1) is 11.8 Å². The van der Waals surface area contributed by atoms with Gasteiger partial charge in [-0.05, 0) is 25.1 Å². The molecule has 0 aliphatic heterocycles. The first-order valence-electron chi connectivity index (χ1n) is 6.79. The molecule has 0 heterocycles. The predicted molar refractivity (Wildman–Crippen MR) is 88.2 cm³/mol. The maximum absolute atomic E-state index is 11.9. The molecule has 1 amide bonds. The van der Waals surface area contributed by atoms with E-state index < -0.39 is 4.92 Å². The number of carbonyl (C=O) groups excluding carboxylic acids is 1. The van der Waals surface area contributed by atoms with Crippen LogP contribution >= 0.6 is 11.8 Å². The number of hydrogen-bond acceptors (Lipinski definition) is 4. The van der Waals surface area contributed by atoms with Crippen molar-refractivity contribution < 1.29 is 9.72 Å². The fourth-order valence-corrected chi connectivity index (χ4v) is 2.76. The highest BCUT2D eigenvalue weighted by molar-refractivity contribution is 7.99. The molecule has 0 spiro atoms. The molecular weight excluding hydrogens is 300 g/mol. The highest BCUT2D eigenvalue weighted by Crippen LogP contribution is 2.23. The molecule has 0 bridgehead atoms. The maximum atomic E-state index is 11.9. The van der Waals surface area contributed by atoms with E-state index in [-0.39, 0.29) is 11.6 Å². The molecule has 0 saturated carbocycles. The van der Waals surface area contributed by atoms with Crippen molar-refractivity contribution in [1.29, 1.82) is 0 Å². The standard InChI is InChI=1S/C16H16N2O3S/c1-12-7-8-13(11-15(12)18(20)21)17-16(19)9-10-22-14-5-3-2-4-6-14/h2-8,11H,9-10H2,1H3,(H,17,19). The number of amides is 1. The number of anilines is 1. The largest absolute Gasteiger partial charge is 0.326 e. The number of aryl methyl sites for hydroxylation is 1. The fourth-order valence-electron chi connectivity index (χ4n) is 1.89. The number of nitrogens with one attached hydrogen (secondary N) is 1. The average Bonchev–Trinajstić information content (AvgIpc) is 2.50. The van der Waals surface area contributed by atoms with E-state index in [1.54, 1.807) is 30.8 Å². The van der Waals surface area contributed by atoms with Gasteiger partial charge in [0.05, 0.1) is 4.92 Å². The van der Waals surface area contributed by atoms with Crippen LogP contribution < -0.4 is 5.32 Å². The van der Waals surface area contributed by atoms with Gasteiger partial charge in [0, 0.05) is 34.4 Å². The van der Waals surface area contributed by atoms with Crippen molar-refractivity contribution >= 4 is 29.0 Å². The van der Waals surface area contributed by atoms with E-state index >= 15 is 0 Å². The minimum atomic E-state index is -0.448. The van der Waals surface area contributed by atoms with Crippen LogP contribution in [0.2, 0.25) is 0 Å². The van der Waals surface area contributed by atoms with Gasteiger partial charge < -0.3 is 5.32 Å². The van der Waals surface area contributed by atoms with E-state index in [4.69, 9.17) is 0 Å². The summed E-state index contributed by atoms with van der Waals surface area (Å²) in [5.41, 5.74) is 1.03. The number of nitrogens with zero attached hydrogens (tertiary/aromatic N) is 1. The molecule has 2 rings (SSSR count). The number of nitro benzene ring substituents is 1. The lowest BCUT2D eigenvalue weighted by Gasteiger charge is -2.06. The second-order valence-corrected chi connectivity index (χ2v) is 5.89. The third-order valence-corrected chi connectivity index (χ3v) is 4.04. The van der Waals surface area contributed by atoms with Gasteiger partial charge in [0.25, 0.3) is 5.69 Å². The van der Waals surface area contributed by atoms with Gasteiger partial charge in [-0.25, -0.2) is 0 Å². The molecule has 0 atom stereocenters. The second kappa shape index (κ2) is 7.61. The Kier molecular flexibility index (Phi) is 5.55. The Morgan fingerprint density at radius 2 is 1.95 bits per heavy atom. The maximum Gasteiger partial charge on any atom is 0.274 e. The molecule has 0 aliphatic rings. The third kappa shape index (κ3) is 4.60. The lowest BCUT2D eigenvalue weighted by molar-refractivity contribution is -0.385. The number of benzene rings is 2. The number of hydrogen-bond donors (Lipinski definition) is 1. The quantitative estimate of drug-likeness (QED) is 0.496. The molecule has 0 saturated heterocycles. The summed E-state index contributed by atoms with van der Waals surface area (Å²) in [6.45, 7) is 1.67. The third-order valence-electron chi connectivity index (χ3n) is 3.03. The van der Waals surface area contributed by atoms with Gasteiger partial charge in [-0.3, -0.25) is 14.9 Å². The van der Waals surface area contributed by atoms with E-state index in [0.717, 1.165) is 4.90 Å². The molecule has 114 valence electrons. The molecule has 6 heteroatoms. The minimum Gasteiger partial charge on any atom is -0.326 e. The number of thioether (sulfide) groups is 1. The highest BCUT2D eigenvalue weighted by atomic mass is 32.2. The van der Waals surface area contributed by atoms with Crippen molar-refractivity contribution in [3.8, 4) is 0 Å². The molecule has 0 fully saturated rings. The molecule has 2 aromatic rings. The molecule has 0 aliphatic carbocycles. The molecule has 0 unspecified atom stereocenters. The van der Waals surface area contributed by atoms with Crippen LogP contribution in [0, 0.1) is 17.0 Å². The van der Waals surface area contributed by atoms with Crippen LogP contribution in [0.25, 0.3) is 0 Å². The van der Waals surface area contributed by atoms with Gasteiger partial charge in [-0.2, -0.15) is 0 Å². The molecule has 1 N–H and O–H groups in total. The second-order valence-electron chi connectivity index (χ2n) is 4.72. The van der Waals surface area contributed by atoms with E-state index in [1.165, 1.54) is 6.07 Å². The Balaban J connectivity index is 1.87. The van der Waals surface area contributed by atoms with Gasteiger partial charge in [0.2, 0.25) is 5.91 Å². The zero-order chi connectivity index (χ0) is 15.9. The summed E-state index contributed by atoms with van der Waals surface area (Å²) in [7, 11) is 0.